The van der Waals surface area contributed by atoms with Gasteiger partial charge >= 0.3 is 12.1 Å². The van der Waals surface area contributed by atoms with Crippen LogP contribution in [-0.2, 0) is 14.3 Å². The Morgan fingerprint density at radius 3 is 2.17 bits per heavy atom. The molecule has 0 saturated carbocycles. The molecule has 30 heavy (non-hydrogen) atoms. The van der Waals surface area contributed by atoms with Crippen LogP contribution in [0.5, 0.6) is 0 Å². The van der Waals surface area contributed by atoms with Crippen LogP contribution < -0.4 is 5.32 Å². The molecule has 3 aromatic carbocycles. The smallest absolute Gasteiger partial charge is 0.408 e. The topological polar surface area (TPSA) is 64.6 Å². The largest absolute Gasteiger partial charge is 0.467 e. The molecule has 0 radical (unpaired) electrons. The van der Waals surface area contributed by atoms with Gasteiger partial charge in [0.2, 0.25) is 0 Å². The van der Waals surface area contributed by atoms with E-state index in [2.05, 4.69) is 5.32 Å². The summed E-state index contributed by atoms with van der Waals surface area (Å²) in [7, 11) is 1.32. The van der Waals surface area contributed by atoms with Crippen LogP contribution in [-0.4, -0.2) is 30.8 Å². The zero-order valence-electron chi connectivity index (χ0n) is 17.7. The highest BCUT2D eigenvalue weighted by Gasteiger charge is 2.35. The molecule has 156 valence electrons. The Hall–Kier alpha value is -3.34. The number of methoxy groups -OCH3 is 1. The second kappa shape index (κ2) is 8.99. The van der Waals surface area contributed by atoms with Gasteiger partial charge in [0.15, 0.2) is 0 Å². The monoisotopic (exact) mass is 405 g/mol. The quantitative estimate of drug-likeness (QED) is 0.604. The van der Waals surface area contributed by atoms with E-state index in [0.29, 0.717) is 0 Å². The molecule has 2 unspecified atom stereocenters. The maximum atomic E-state index is 12.8. The Kier molecular flexibility index (Phi) is 6.40. The van der Waals surface area contributed by atoms with Gasteiger partial charge < -0.3 is 14.8 Å². The first-order chi connectivity index (χ1) is 14.3. The van der Waals surface area contributed by atoms with E-state index in [9.17, 15) is 9.59 Å². The van der Waals surface area contributed by atoms with E-state index in [-0.39, 0.29) is 0 Å². The van der Waals surface area contributed by atoms with Crippen molar-refractivity contribution in [3.63, 3.8) is 0 Å². The number of rotatable bonds is 5. The Labute approximate surface area is 177 Å². The Balaban J connectivity index is 2.14. The number of fused-ring (bicyclic) bond motifs is 1. The Morgan fingerprint density at radius 1 is 0.867 bits per heavy atom. The number of alkyl carbamates (subject to hydrolysis) is 1. The molecule has 2 atom stereocenters. The van der Waals surface area contributed by atoms with Crippen molar-refractivity contribution >= 4 is 22.8 Å². The molecule has 0 aromatic heterocycles. The number of hydrogen-bond acceptors (Lipinski definition) is 4. The summed E-state index contributed by atoms with van der Waals surface area (Å²) in [5.74, 6) is -1.00. The average Bonchev–Trinajstić information content (AvgIpc) is 2.72. The standard InChI is InChI=1S/C25H27NO4/c1-25(2,3)30-24(28)26-22(23(27)29-4)21(18-12-6-5-7-13-18)20-16-10-14-17-11-8-9-15-19(17)20/h5-16,21-22H,1-4H3,(H,26,28). The maximum absolute atomic E-state index is 12.8. The summed E-state index contributed by atoms with van der Waals surface area (Å²) >= 11 is 0. The fourth-order valence-electron chi connectivity index (χ4n) is 3.57. The van der Waals surface area contributed by atoms with Crippen molar-refractivity contribution in [1.29, 1.82) is 0 Å². The van der Waals surface area contributed by atoms with Crippen LogP contribution in [0.4, 0.5) is 4.79 Å². The summed E-state index contributed by atoms with van der Waals surface area (Å²) in [4.78, 5) is 25.4. The first kappa shape index (κ1) is 21.4. The highest BCUT2D eigenvalue weighted by atomic mass is 16.6. The number of nitrogens with one attached hydrogen (secondary N) is 1. The van der Waals surface area contributed by atoms with Crippen molar-refractivity contribution in [2.45, 2.75) is 38.3 Å². The van der Waals surface area contributed by atoms with Gasteiger partial charge in [-0.15, -0.1) is 0 Å². The number of hydrogen-bond donors (Lipinski definition) is 1. The predicted molar refractivity (Wildman–Crippen MR) is 117 cm³/mol. The van der Waals surface area contributed by atoms with Crippen LogP contribution in [0.25, 0.3) is 10.8 Å². The lowest BCUT2D eigenvalue weighted by atomic mass is 9.82. The van der Waals surface area contributed by atoms with E-state index in [1.165, 1.54) is 7.11 Å². The van der Waals surface area contributed by atoms with Crippen LogP contribution in [0.2, 0.25) is 0 Å². The van der Waals surface area contributed by atoms with Crippen LogP contribution >= 0.6 is 0 Å². The van der Waals surface area contributed by atoms with Gasteiger partial charge in [-0.3, -0.25) is 0 Å². The van der Waals surface area contributed by atoms with Gasteiger partial charge in [-0.1, -0.05) is 72.8 Å². The average molecular weight is 405 g/mol. The van der Waals surface area contributed by atoms with Crippen molar-refractivity contribution in [1.82, 2.24) is 5.32 Å². The molecule has 0 heterocycles. The lowest BCUT2D eigenvalue weighted by Gasteiger charge is -2.29. The Bertz CT molecular complexity index is 1020. The molecular weight excluding hydrogens is 378 g/mol. The zero-order chi connectivity index (χ0) is 21.7. The summed E-state index contributed by atoms with van der Waals surface area (Å²) in [5, 5.41) is 4.81. The van der Waals surface area contributed by atoms with Crippen LogP contribution in [0.1, 0.15) is 37.8 Å². The number of amides is 1. The van der Waals surface area contributed by atoms with Crippen LogP contribution in [0.15, 0.2) is 72.8 Å². The highest BCUT2D eigenvalue weighted by Crippen LogP contribution is 2.34. The van der Waals surface area contributed by atoms with Gasteiger partial charge in [0.1, 0.15) is 11.6 Å². The van der Waals surface area contributed by atoms with Crippen molar-refractivity contribution in [2.24, 2.45) is 0 Å². The third-order valence-electron chi connectivity index (χ3n) is 4.78. The first-order valence-electron chi connectivity index (χ1n) is 9.90. The second-order valence-corrected chi connectivity index (χ2v) is 8.10. The number of benzene rings is 3. The predicted octanol–water partition coefficient (Wildman–Crippen LogP) is 5.04. The molecule has 0 aliphatic carbocycles. The van der Waals surface area contributed by atoms with E-state index in [0.717, 1.165) is 21.9 Å². The minimum atomic E-state index is -0.960. The van der Waals surface area contributed by atoms with Crippen molar-refractivity contribution in [3.05, 3.63) is 83.9 Å². The third kappa shape index (κ3) is 4.98. The van der Waals surface area contributed by atoms with Crippen LogP contribution in [0.3, 0.4) is 0 Å². The molecule has 1 N–H and O–H groups in total. The normalized spacial score (nSPS) is 13.3. The van der Waals surface area contributed by atoms with E-state index < -0.39 is 29.6 Å². The fraction of sp³-hybridized carbons (Fsp3) is 0.280. The van der Waals surface area contributed by atoms with Gasteiger partial charge in [-0.2, -0.15) is 0 Å². The molecule has 5 heteroatoms. The lowest BCUT2D eigenvalue weighted by Crippen LogP contribution is -2.47. The molecule has 5 nitrogen and oxygen atoms in total. The van der Waals surface area contributed by atoms with Gasteiger partial charge in [-0.05, 0) is 42.7 Å². The van der Waals surface area contributed by atoms with Gasteiger partial charge in [0.25, 0.3) is 0 Å². The summed E-state index contributed by atoms with van der Waals surface area (Å²) < 4.78 is 10.5. The summed E-state index contributed by atoms with van der Waals surface area (Å²) in [6, 6.07) is 22.6. The molecule has 3 aromatic rings. The molecule has 0 spiro atoms. The number of carbonyl (C=O) groups is 2. The second-order valence-electron chi connectivity index (χ2n) is 8.10. The molecule has 0 bridgehead atoms. The Morgan fingerprint density at radius 2 is 1.50 bits per heavy atom. The zero-order valence-corrected chi connectivity index (χ0v) is 17.7. The first-order valence-corrected chi connectivity index (χ1v) is 9.90. The molecule has 0 aliphatic heterocycles. The minimum absolute atomic E-state index is 0.461. The number of ether oxygens (including phenoxy) is 2. The van der Waals surface area contributed by atoms with E-state index >= 15 is 0 Å². The molecule has 0 aliphatic rings. The summed E-state index contributed by atoms with van der Waals surface area (Å²) in [5.41, 5.74) is 1.12. The summed E-state index contributed by atoms with van der Waals surface area (Å²) in [6.07, 6.45) is -0.668. The maximum Gasteiger partial charge on any atom is 0.408 e. The van der Waals surface area contributed by atoms with Gasteiger partial charge in [0.05, 0.1) is 7.11 Å². The van der Waals surface area contributed by atoms with E-state index in [4.69, 9.17) is 9.47 Å². The molecule has 0 fully saturated rings. The van der Waals surface area contributed by atoms with E-state index in [1.54, 1.807) is 20.8 Å². The van der Waals surface area contributed by atoms with Gasteiger partial charge in [-0.25, -0.2) is 9.59 Å². The van der Waals surface area contributed by atoms with Gasteiger partial charge in [0, 0.05) is 5.92 Å². The highest BCUT2D eigenvalue weighted by molar-refractivity contribution is 5.89. The fourth-order valence-corrected chi connectivity index (χ4v) is 3.57. The van der Waals surface area contributed by atoms with Crippen LogP contribution in [0, 0.1) is 0 Å². The molecule has 1 amide bonds. The molecule has 3 rings (SSSR count). The minimum Gasteiger partial charge on any atom is -0.467 e. The molecular formula is C25H27NO4. The number of carbonyl (C=O) groups excluding carboxylic acids is 2. The third-order valence-corrected chi connectivity index (χ3v) is 4.78. The molecule has 0 saturated heterocycles. The SMILES string of the molecule is COC(=O)C(NC(=O)OC(C)(C)C)C(c1ccccc1)c1cccc2ccccc12. The van der Waals surface area contributed by atoms with Crippen molar-refractivity contribution in [2.75, 3.05) is 7.11 Å². The van der Waals surface area contributed by atoms with Crippen molar-refractivity contribution in [3.8, 4) is 0 Å². The lowest BCUT2D eigenvalue weighted by molar-refractivity contribution is -0.143. The number of esters is 1. The van der Waals surface area contributed by atoms with Crippen molar-refractivity contribution < 1.29 is 19.1 Å². The van der Waals surface area contributed by atoms with E-state index in [1.807, 2.05) is 72.8 Å². The summed E-state index contributed by atoms with van der Waals surface area (Å²) in [6.45, 7) is 5.33.